The second kappa shape index (κ2) is 5.15. The zero-order valence-corrected chi connectivity index (χ0v) is 10.4. The van der Waals surface area contributed by atoms with Crippen molar-refractivity contribution in [2.45, 2.75) is 23.1 Å². The number of nitrogens with one attached hydrogen (secondary N) is 1. The normalized spacial score (nSPS) is 26.5. The molecule has 1 fully saturated rings. The van der Waals surface area contributed by atoms with Crippen LogP contribution in [0.15, 0.2) is 15.8 Å². The molecule has 0 radical (unpaired) electrons. The predicted octanol–water partition coefficient (Wildman–Crippen LogP) is -1.20. The van der Waals surface area contributed by atoms with E-state index in [0.717, 1.165) is 22.5 Å². The van der Waals surface area contributed by atoms with Gasteiger partial charge in [-0.25, -0.2) is 4.79 Å². The van der Waals surface area contributed by atoms with Crippen LogP contribution in [0, 0.1) is 10.1 Å². The summed E-state index contributed by atoms with van der Waals surface area (Å²) in [5, 5.41) is 28.3. The minimum absolute atomic E-state index is 0.166. The molecular weight excluding hydrogens is 278 g/mol. The fraction of sp³-hybridized carbons (Fsp3) is 0.556. The number of H-pyrrole nitrogens is 1. The van der Waals surface area contributed by atoms with Gasteiger partial charge in [0.05, 0.1) is 34.5 Å². The first-order valence-electron chi connectivity index (χ1n) is 5.38. The van der Waals surface area contributed by atoms with Gasteiger partial charge in [-0.15, -0.1) is 11.8 Å². The van der Waals surface area contributed by atoms with Crippen molar-refractivity contribution in [1.29, 1.82) is 0 Å². The molecule has 2 rings (SSSR count). The van der Waals surface area contributed by atoms with Crippen molar-refractivity contribution in [2.75, 3.05) is 6.61 Å². The van der Waals surface area contributed by atoms with Crippen LogP contribution in [0.1, 0.15) is 11.8 Å². The van der Waals surface area contributed by atoms with Crippen LogP contribution in [0.4, 0.5) is 5.69 Å². The van der Waals surface area contributed by atoms with Crippen molar-refractivity contribution in [3.05, 3.63) is 37.1 Å². The first-order chi connectivity index (χ1) is 8.93. The van der Waals surface area contributed by atoms with Crippen LogP contribution in [0.5, 0.6) is 0 Å². The zero-order valence-electron chi connectivity index (χ0n) is 9.55. The second-order valence-corrected chi connectivity index (χ2v) is 5.47. The molecule has 0 amide bonds. The van der Waals surface area contributed by atoms with Gasteiger partial charge < -0.3 is 10.2 Å². The Kier molecular flexibility index (Phi) is 3.73. The van der Waals surface area contributed by atoms with Gasteiger partial charge in [-0.1, -0.05) is 0 Å². The maximum Gasteiger partial charge on any atom is 0.350 e. The quantitative estimate of drug-likeness (QED) is 0.469. The van der Waals surface area contributed by atoms with E-state index >= 15 is 0 Å². The Bertz CT molecular complexity index is 611. The third-order valence-electron chi connectivity index (χ3n) is 2.84. The number of aliphatic hydroxyl groups is 2. The molecule has 0 spiro atoms. The monoisotopic (exact) mass is 289 g/mol. The van der Waals surface area contributed by atoms with Gasteiger partial charge in [-0.05, 0) is 0 Å². The minimum Gasteiger partial charge on any atom is -0.395 e. The van der Waals surface area contributed by atoms with Gasteiger partial charge in [-0.3, -0.25) is 24.5 Å². The summed E-state index contributed by atoms with van der Waals surface area (Å²) in [5.74, 6) is 0. The van der Waals surface area contributed by atoms with E-state index in [-0.39, 0.29) is 13.0 Å². The fourth-order valence-electron chi connectivity index (χ4n) is 1.87. The van der Waals surface area contributed by atoms with E-state index in [9.17, 15) is 24.8 Å². The van der Waals surface area contributed by atoms with E-state index in [2.05, 4.69) is 0 Å². The first kappa shape index (κ1) is 13.8. The first-order valence-corrected chi connectivity index (χ1v) is 6.32. The van der Waals surface area contributed by atoms with Crippen molar-refractivity contribution in [2.24, 2.45) is 0 Å². The van der Waals surface area contributed by atoms with Gasteiger partial charge in [0.15, 0.2) is 0 Å². The van der Waals surface area contributed by atoms with Crippen LogP contribution in [0.25, 0.3) is 0 Å². The van der Waals surface area contributed by atoms with Gasteiger partial charge in [0.25, 0.3) is 0 Å². The number of aromatic nitrogens is 2. The van der Waals surface area contributed by atoms with E-state index in [1.165, 1.54) is 0 Å². The fourth-order valence-corrected chi connectivity index (χ4v) is 3.25. The highest BCUT2D eigenvalue weighted by Gasteiger charge is 2.35. The lowest BCUT2D eigenvalue weighted by atomic mass is 10.2. The number of hydrogen-bond acceptors (Lipinski definition) is 7. The Morgan fingerprint density at radius 1 is 1.58 bits per heavy atom. The molecule has 2 heterocycles. The Morgan fingerprint density at radius 2 is 2.26 bits per heavy atom. The third kappa shape index (κ3) is 2.55. The van der Waals surface area contributed by atoms with Crippen molar-refractivity contribution in [3.63, 3.8) is 0 Å². The van der Waals surface area contributed by atoms with Crippen LogP contribution < -0.4 is 11.2 Å². The largest absolute Gasteiger partial charge is 0.395 e. The molecule has 3 N–H and O–H groups in total. The van der Waals surface area contributed by atoms with E-state index in [1.807, 2.05) is 4.98 Å². The third-order valence-corrected chi connectivity index (χ3v) is 4.39. The molecule has 0 aliphatic carbocycles. The van der Waals surface area contributed by atoms with Crippen LogP contribution in [0.2, 0.25) is 0 Å². The lowest BCUT2D eigenvalue weighted by molar-refractivity contribution is -0.386. The average molecular weight is 289 g/mol. The van der Waals surface area contributed by atoms with E-state index in [0.29, 0.717) is 0 Å². The summed E-state index contributed by atoms with van der Waals surface area (Å²) in [7, 11) is 0. The minimum atomic E-state index is -1.06. The van der Waals surface area contributed by atoms with Crippen LogP contribution in [0.3, 0.4) is 0 Å². The summed E-state index contributed by atoms with van der Waals surface area (Å²) >= 11 is 1.13. The number of aliphatic hydroxyl groups excluding tert-OH is 2. The molecule has 104 valence electrons. The number of aromatic amines is 1. The SMILES string of the molecule is O=c1[nH]c(=O)n([C@H]2C[C@H](O)[C@H](CO)S2)cc1[N+](=O)[O-]. The highest BCUT2D eigenvalue weighted by atomic mass is 32.2. The molecule has 0 bridgehead atoms. The van der Waals surface area contributed by atoms with Crippen molar-refractivity contribution >= 4 is 17.4 Å². The molecule has 3 atom stereocenters. The number of rotatable bonds is 3. The molecule has 0 unspecified atom stereocenters. The van der Waals surface area contributed by atoms with Crippen LogP contribution >= 0.6 is 11.8 Å². The van der Waals surface area contributed by atoms with Gasteiger partial charge in [0, 0.05) is 6.42 Å². The molecule has 0 saturated carbocycles. The Hall–Kier alpha value is -1.65. The lowest BCUT2D eigenvalue weighted by Gasteiger charge is -2.11. The number of nitro groups is 1. The zero-order chi connectivity index (χ0) is 14.2. The number of thioether (sulfide) groups is 1. The molecule has 10 heteroatoms. The summed E-state index contributed by atoms with van der Waals surface area (Å²) in [4.78, 5) is 34.5. The highest BCUT2D eigenvalue weighted by Crippen LogP contribution is 2.40. The molecule has 1 aromatic rings. The smallest absolute Gasteiger partial charge is 0.350 e. The number of hydrogen-bond donors (Lipinski definition) is 3. The van der Waals surface area contributed by atoms with Crippen molar-refractivity contribution in [3.8, 4) is 0 Å². The highest BCUT2D eigenvalue weighted by molar-refractivity contribution is 8.00. The molecule has 1 aliphatic rings. The van der Waals surface area contributed by atoms with E-state index in [4.69, 9.17) is 5.11 Å². The maximum absolute atomic E-state index is 11.6. The van der Waals surface area contributed by atoms with E-state index < -0.39 is 38.6 Å². The average Bonchev–Trinajstić information content (AvgIpc) is 2.69. The van der Waals surface area contributed by atoms with Crippen molar-refractivity contribution < 1.29 is 15.1 Å². The van der Waals surface area contributed by atoms with Crippen molar-refractivity contribution in [1.82, 2.24) is 9.55 Å². The molecule has 1 aliphatic heterocycles. The Morgan fingerprint density at radius 3 is 2.79 bits per heavy atom. The predicted molar refractivity (Wildman–Crippen MR) is 66.1 cm³/mol. The van der Waals surface area contributed by atoms with Gasteiger partial charge in [-0.2, -0.15) is 0 Å². The summed E-state index contributed by atoms with van der Waals surface area (Å²) in [6.07, 6.45) is 0.225. The van der Waals surface area contributed by atoms with Crippen LogP contribution in [-0.4, -0.2) is 42.6 Å². The summed E-state index contributed by atoms with van der Waals surface area (Å²) in [6.45, 7) is -0.261. The molecular formula is C9H11N3O6S. The number of nitrogens with zero attached hydrogens (tertiary/aromatic N) is 2. The standard InChI is InChI=1S/C9H11N3O6S/c13-3-6-5(14)1-7(19-6)11-2-4(12(17)18)8(15)10-9(11)16/h2,5-7,13-14H,1,3H2,(H,10,15,16)/t5-,6-,7+/m0/s1. The Balaban J connectivity index is 2.41. The second-order valence-electron chi connectivity index (χ2n) is 4.05. The molecule has 1 saturated heterocycles. The van der Waals surface area contributed by atoms with E-state index in [1.54, 1.807) is 0 Å². The molecule has 9 nitrogen and oxygen atoms in total. The Labute approximate surface area is 110 Å². The molecule has 0 aromatic carbocycles. The summed E-state index contributed by atoms with van der Waals surface area (Å²) < 4.78 is 1.00. The topological polar surface area (TPSA) is 138 Å². The summed E-state index contributed by atoms with van der Waals surface area (Å²) in [6, 6.07) is 0. The maximum atomic E-state index is 11.6. The lowest BCUT2D eigenvalue weighted by Crippen LogP contribution is -2.32. The van der Waals surface area contributed by atoms with Gasteiger partial charge in [0.1, 0.15) is 0 Å². The van der Waals surface area contributed by atoms with Gasteiger partial charge >= 0.3 is 16.9 Å². The molecule has 1 aromatic heterocycles. The van der Waals surface area contributed by atoms with Gasteiger partial charge in [0.2, 0.25) is 0 Å². The summed E-state index contributed by atoms with van der Waals surface area (Å²) in [5.41, 5.74) is -2.57. The van der Waals surface area contributed by atoms with Crippen LogP contribution in [-0.2, 0) is 0 Å². The molecule has 19 heavy (non-hydrogen) atoms.